The van der Waals surface area contributed by atoms with Gasteiger partial charge in [0.2, 0.25) is 0 Å². The van der Waals surface area contributed by atoms with Gasteiger partial charge in [-0.3, -0.25) is 0 Å². The van der Waals surface area contributed by atoms with Crippen molar-refractivity contribution >= 4 is 0 Å². The zero-order valence-corrected chi connectivity index (χ0v) is 12.1. The van der Waals surface area contributed by atoms with Crippen molar-refractivity contribution in [3.8, 4) is 5.75 Å². The van der Waals surface area contributed by atoms with Crippen molar-refractivity contribution in [3.05, 3.63) is 29.3 Å². The Kier molecular flexibility index (Phi) is 3.91. The Labute approximate surface area is 106 Å². The first-order valence-electron chi connectivity index (χ1n) is 6.48. The zero-order valence-electron chi connectivity index (χ0n) is 12.1. The van der Waals surface area contributed by atoms with Gasteiger partial charge in [-0.1, -0.05) is 53.7 Å². The molecule has 1 heteroatoms. The molecule has 96 valence electrons. The number of phenols is 1. The van der Waals surface area contributed by atoms with Gasteiger partial charge in [0.25, 0.3) is 0 Å². The van der Waals surface area contributed by atoms with Crippen molar-refractivity contribution in [1.29, 1.82) is 0 Å². The SMILES string of the molecule is CCc1ccc(O)c(C(C)(C)CC(C)(C)C)c1. The predicted octanol–water partition coefficient (Wildman–Crippen LogP) is 4.67. The summed E-state index contributed by atoms with van der Waals surface area (Å²) in [4.78, 5) is 0. The van der Waals surface area contributed by atoms with Gasteiger partial charge in [0.15, 0.2) is 0 Å². The smallest absolute Gasteiger partial charge is 0.119 e. The minimum Gasteiger partial charge on any atom is -0.508 e. The van der Waals surface area contributed by atoms with E-state index in [2.05, 4.69) is 47.6 Å². The average molecular weight is 234 g/mol. The van der Waals surface area contributed by atoms with Gasteiger partial charge in [0.05, 0.1) is 0 Å². The molecule has 0 heterocycles. The molecule has 0 aromatic heterocycles. The molecule has 0 bridgehead atoms. The van der Waals surface area contributed by atoms with Crippen molar-refractivity contribution in [2.45, 2.75) is 59.8 Å². The highest BCUT2D eigenvalue weighted by molar-refractivity contribution is 5.41. The molecule has 0 amide bonds. The van der Waals surface area contributed by atoms with Gasteiger partial charge < -0.3 is 5.11 Å². The number of rotatable bonds is 3. The van der Waals surface area contributed by atoms with E-state index in [1.165, 1.54) is 5.56 Å². The van der Waals surface area contributed by atoms with Gasteiger partial charge in [0, 0.05) is 0 Å². The van der Waals surface area contributed by atoms with Crippen LogP contribution in [0.4, 0.5) is 0 Å². The molecule has 0 saturated heterocycles. The summed E-state index contributed by atoms with van der Waals surface area (Å²) in [6, 6.07) is 5.99. The van der Waals surface area contributed by atoms with Crippen molar-refractivity contribution in [3.63, 3.8) is 0 Å². The summed E-state index contributed by atoms with van der Waals surface area (Å²) in [5, 5.41) is 10.1. The lowest BCUT2D eigenvalue weighted by Gasteiger charge is -2.33. The molecule has 0 aliphatic rings. The van der Waals surface area contributed by atoms with E-state index in [1.807, 2.05) is 12.1 Å². The first-order chi connectivity index (χ1) is 7.65. The lowest BCUT2D eigenvalue weighted by Crippen LogP contribution is -2.25. The molecule has 0 aliphatic heterocycles. The summed E-state index contributed by atoms with van der Waals surface area (Å²) in [6.07, 6.45) is 2.07. The van der Waals surface area contributed by atoms with Crippen molar-refractivity contribution < 1.29 is 5.11 Å². The molecule has 1 aromatic rings. The highest BCUT2D eigenvalue weighted by atomic mass is 16.3. The number of benzene rings is 1. The second-order valence-corrected chi connectivity index (χ2v) is 6.83. The third-order valence-corrected chi connectivity index (χ3v) is 3.17. The first kappa shape index (κ1) is 14.1. The van der Waals surface area contributed by atoms with E-state index in [1.54, 1.807) is 0 Å². The maximum atomic E-state index is 10.1. The fourth-order valence-corrected chi connectivity index (χ4v) is 2.77. The highest BCUT2D eigenvalue weighted by Crippen LogP contribution is 2.40. The number of aromatic hydroxyl groups is 1. The van der Waals surface area contributed by atoms with Crippen LogP contribution in [0, 0.1) is 5.41 Å². The van der Waals surface area contributed by atoms with E-state index in [-0.39, 0.29) is 10.8 Å². The summed E-state index contributed by atoms with van der Waals surface area (Å²) in [6.45, 7) is 13.3. The van der Waals surface area contributed by atoms with E-state index >= 15 is 0 Å². The van der Waals surface area contributed by atoms with Crippen molar-refractivity contribution in [1.82, 2.24) is 0 Å². The maximum Gasteiger partial charge on any atom is 0.119 e. The summed E-state index contributed by atoms with van der Waals surface area (Å²) in [5.41, 5.74) is 2.64. The Bertz CT molecular complexity index is 383. The number of hydrogen-bond donors (Lipinski definition) is 1. The Morgan fingerprint density at radius 1 is 1.06 bits per heavy atom. The quantitative estimate of drug-likeness (QED) is 0.806. The molecule has 0 aliphatic carbocycles. The summed E-state index contributed by atoms with van der Waals surface area (Å²) in [7, 11) is 0. The van der Waals surface area contributed by atoms with Crippen LogP contribution >= 0.6 is 0 Å². The van der Waals surface area contributed by atoms with Crippen LogP contribution in [0.5, 0.6) is 5.75 Å². The number of aryl methyl sites for hydroxylation is 1. The Balaban J connectivity index is 3.13. The van der Waals surface area contributed by atoms with Crippen molar-refractivity contribution in [2.24, 2.45) is 5.41 Å². The van der Waals surface area contributed by atoms with Gasteiger partial charge in [-0.15, -0.1) is 0 Å². The van der Waals surface area contributed by atoms with E-state index < -0.39 is 0 Å². The molecular formula is C16H26O. The minimum atomic E-state index is 0.00745. The van der Waals surface area contributed by atoms with Crippen LogP contribution in [-0.4, -0.2) is 5.11 Å². The van der Waals surface area contributed by atoms with Crippen LogP contribution in [0.3, 0.4) is 0 Å². The largest absolute Gasteiger partial charge is 0.508 e. The molecule has 0 unspecified atom stereocenters. The second-order valence-electron chi connectivity index (χ2n) is 6.83. The number of phenolic OH excluding ortho intramolecular Hbond substituents is 1. The van der Waals surface area contributed by atoms with Crippen molar-refractivity contribution in [2.75, 3.05) is 0 Å². The average Bonchev–Trinajstić information content (AvgIpc) is 2.14. The molecule has 0 saturated carbocycles. The van der Waals surface area contributed by atoms with Gasteiger partial charge in [-0.25, -0.2) is 0 Å². The van der Waals surface area contributed by atoms with Crippen LogP contribution in [0.2, 0.25) is 0 Å². The van der Waals surface area contributed by atoms with Crippen LogP contribution in [0.1, 0.15) is 59.1 Å². The van der Waals surface area contributed by atoms with Crippen LogP contribution in [0.25, 0.3) is 0 Å². The molecule has 17 heavy (non-hydrogen) atoms. The van der Waals surface area contributed by atoms with Gasteiger partial charge >= 0.3 is 0 Å². The summed E-state index contributed by atoms with van der Waals surface area (Å²) in [5.74, 6) is 0.427. The molecule has 1 rings (SSSR count). The predicted molar refractivity (Wildman–Crippen MR) is 74.6 cm³/mol. The Hall–Kier alpha value is -0.980. The molecular weight excluding hydrogens is 208 g/mol. The van der Waals surface area contributed by atoms with E-state index in [9.17, 15) is 5.11 Å². The topological polar surface area (TPSA) is 20.2 Å². The summed E-state index contributed by atoms with van der Waals surface area (Å²) < 4.78 is 0. The lowest BCUT2D eigenvalue weighted by molar-refractivity contribution is 0.278. The van der Waals surface area contributed by atoms with Gasteiger partial charge in [0.1, 0.15) is 5.75 Å². The highest BCUT2D eigenvalue weighted by Gasteiger charge is 2.29. The standard InChI is InChI=1S/C16H26O/c1-7-12-8-9-14(17)13(10-12)16(5,6)11-15(2,3)4/h8-10,17H,7,11H2,1-6H3. The first-order valence-corrected chi connectivity index (χ1v) is 6.48. The normalized spacial score (nSPS) is 12.8. The third kappa shape index (κ3) is 3.76. The van der Waals surface area contributed by atoms with E-state index in [4.69, 9.17) is 0 Å². The minimum absolute atomic E-state index is 0.00745. The Morgan fingerprint density at radius 2 is 1.65 bits per heavy atom. The molecule has 0 radical (unpaired) electrons. The molecule has 0 fully saturated rings. The third-order valence-electron chi connectivity index (χ3n) is 3.17. The fourth-order valence-electron chi connectivity index (χ4n) is 2.77. The molecule has 1 N–H and O–H groups in total. The van der Waals surface area contributed by atoms with E-state index in [0.717, 1.165) is 18.4 Å². The second kappa shape index (κ2) is 4.72. The Morgan fingerprint density at radius 3 is 2.12 bits per heavy atom. The van der Waals surface area contributed by atoms with Crippen LogP contribution in [-0.2, 0) is 11.8 Å². The van der Waals surface area contributed by atoms with E-state index in [0.29, 0.717) is 5.75 Å². The molecule has 0 atom stereocenters. The maximum absolute atomic E-state index is 10.1. The number of hydrogen-bond acceptors (Lipinski definition) is 1. The molecule has 0 spiro atoms. The van der Waals surface area contributed by atoms with Gasteiger partial charge in [-0.2, -0.15) is 0 Å². The summed E-state index contributed by atoms with van der Waals surface area (Å²) >= 11 is 0. The van der Waals surface area contributed by atoms with Crippen LogP contribution in [0.15, 0.2) is 18.2 Å². The lowest BCUT2D eigenvalue weighted by atomic mass is 9.72. The fraction of sp³-hybridized carbons (Fsp3) is 0.625. The molecule has 1 aromatic carbocycles. The zero-order chi connectivity index (χ0) is 13.3. The molecule has 1 nitrogen and oxygen atoms in total. The van der Waals surface area contributed by atoms with Crippen LogP contribution < -0.4 is 0 Å². The monoisotopic (exact) mass is 234 g/mol. The van der Waals surface area contributed by atoms with Gasteiger partial charge in [-0.05, 0) is 40.9 Å².